The van der Waals surface area contributed by atoms with Crippen LogP contribution in [0.15, 0.2) is 81.7 Å². The SMILES string of the molecule is CC(=O)O/N=C(/C(=O)c1ccc(Sc2ccc([N+](=O)[O-])cc2)cc1)c1cc(C)ccc1C. The van der Waals surface area contributed by atoms with E-state index in [-0.39, 0.29) is 17.2 Å². The number of Topliss-reactive ketones (excluding diaryl/α,β-unsaturated/α-hetero) is 1. The molecule has 0 bridgehead atoms. The molecule has 0 spiro atoms. The minimum Gasteiger partial charge on any atom is -0.318 e. The van der Waals surface area contributed by atoms with Gasteiger partial charge in [0, 0.05) is 40.0 Å². The minimum atomic E-state index is -0.615. The number of benzene rings is 3. The smallest absolute Gasteiger partial charge is 0.318 e. The lowest BCUT2D eigenvalue weighted by Gasteiger charge is -2.10. The molecule has 8 heteroatoms. The topological polar surface area (TPSA) is 98.9 Å². The summed E-state index contributed by atoms with van der Waals surface area (Å²) in [5.74, 6) is -0.984. The van der Waals surface area contributed by atoms with Crippen molar-refractivity contribution in [3.8, 4) is 0 Å². The van der Waals surface area contributed by atoms with Gasteiger partial charge in [0.25, 0.3) is 5.69 Å². The Morgan fingerprint density at radius 2 is 1.53 bits per heavy atom. The average Bonchev–Trinajstić information content (AvgIpc) is 2.76. The summed E-state index contributed by atoms with van der Waals surface area (Å²) in [7, 11) is 0. The number of non-ortho nitro benzene ring substituents is 1. The number of rotatable bonds is 7. The van der Waals surface area contributed by atoms with Crippen molar-refractivity contribution in [3.63, 3.8) is 0 Å². The molecule has 32 heavy (non-hydrogen) atoms. The van der Waals surface area contributed by atoms with E-state index in [0.29, 0.717) is 11.1 Å². The molecule has 3 aromatic rings. The quantitative estimate of drug-likeness (QED) is 0.155. The predicted octanol–water partition coefficient (Wildman–Crippen LogP) is 5.51. The fraction of sp³-hybridized carbons (Fsp3) is 0.125. The van der Waals surface area contributed by atoms with Crippen LogP contribution in [0.25, 0.3) is 0 Å². The Bertz CT molecular complexity index is 1200. The number of oxime groups is 1. The molecule has 0 unspecified atom stereocenters. The van der Waals surface area contributed by atoms with E-state index >= 15 is 0 Å². The maximum Gasteiger partial charge on any atom is 0.332 e. The van der Waals surface area contributed by atoms with Crippen molar-refractivity contribution >= 4 is 34.9 Å². The Kier molecular flexibility index (Phi) is 7.17. The molecule has 0 aliphatic carbocycles. The average molecular weight is 449 g/mol. The van der Waals surface area contributed by atoms with Crippen molar-refractivity contribution in [1.82, 2.24) is 0 Å². The van der Waals surface area contributed by atoms with Gasteiger partial charge >= 0.3 is 5.97 Å². The summed E-state index contributed by atoms with van der Waals surface area (Å²) in [6.45, 7) is 4.98. The van der Waals surface area contributed by atoms with Crippen LogP contribution in [-0.4, -0.2) is 22.4 Å². The number of carbonyl (C=O) groups is 2. The first-order valence-corrected chi connectivity index (χ1v) is 10.5. The zero-order valence-electron chi connectivity index (χ0n) is 17.7. The number of nitrogens with zero attached hydrogens (tertiary/aromatic N) is 2. The van der Waals surface area contributed by atoms with Gasteiger partial charge in [-0.2, -0.15) is 0 Å². The van der Waals surface area contributed by atoms with Gasteiger partial charge in [-0.1, -0.05) is 34.6 Å². The van der Waals surface area contributed by atoms with E-state index in [1.165, 1.54) is 30.8 Å². The highest BCUT2D eigenvalue weighted by molar-refractivity contribution is 7.99. The summed E-state index contributed by atoms with van der Waals surface area (Å²) in [6, 6.07) is 18.8. The molecule has 0 saturated heterocycles. The highest BCUT2D eigenvalue weighted by Gasteiger charge is 2.20. The molecule has 0 saturated carbocycles. The standard InChI is InChI=1S/C24H20N2O5S/c1-15-4-5-16(2)22(14-15)23(25-31-17(3)27)24(28)18-6-10-20(11-7-18)32-21-12-8-19(9-13-21)26(29)30/h4-14H,1-3H3/b25-23+. The highest BCUT2D eigenvalue weighted by atomic mass is 32.2. The molecule has 0 radical (unpaired) electrons. The molecule has 162 valence electrons. The molecule has 3 aromatic carbocycles. The lowest BCUT2D eigenvalue weighted by molar-refractivity contribution is -0.384. The van der Waals surface area contributed by atoms with Crippen LogP contribution < -0.4 is 0 Å². The fourth-order valence-electron chi connectivity index (χ4n) is 2.90. The number of ketones is 1. The molecule has 0 fully saturated rings. The van der Waals surface area contributed by atoms with Crippen molar-refractivity contribution in [2.75, 3.05) is 0 Å². The molecule has 0 aliphatic rings. The van der Waals surface area contributed by atoms with Gasteiger partial charge in [0.15, 0.2) is 5.71 Å². The molecule has 0 amide bonds. The van der Waals surface area contributed by atoms with Gasteiger partial charge in [0.1, 0.15) is 0 Å². The summed E-state index contributed by atoms with van der Waals surface area (Å²) in [5.41, 5.74) is 2.85. The van der Waals surface area contributed by atoms with Crippen LogP contribution in [0.3, 0.4) is 0 Å². The molecule has 0 heterocycles. The second-order valence-corrected chi connectivity index (χ2v) is 8.19. The molecular formula is C24H20N2O5S. The van der Waals surface area contributed by atoms with Crippen molar-refractivity contribution < 1.29 is 19.3 Å². The van der Waals surface area contributed by atoms with Crippen LogP contribution >= 0.6 is 11.8 Å². The van der Waals surface area contributed by atoms with Crippen molar-refractivity contribution in [1.29, 1.82) is 0 Å². The number of nitro benzene ring substituents is 1. The third-order valence-electron chi connectivity index (χ3n) is 4.53. The van der Waals surface area contributed by atoms with Crippen molar-refractivity contribution in [2.24, 2.45) is 5.16 Å². The van der Waals surface area contributed by atoms with Crippen LogP contribution in [0.5, 0.6) is 0 Å². The summed E-state index contributed by atoms with van der Waals surface area (Å²) < 4.78 is 0. The minimum absolute atomic E-state index is 0.0290. The largest absolute Gasteiger partial charge is 0.332 e. The third kappa shape index (κ3) is 5.67. The van der Waals surface area contributed by atoms with Crippen molar-refractivity contribution in [3.05, 3.63) is 99.1 Å². The van der Waals surface area contributed by atoms with E-state index < -0.39 is 10.9 Å². The lowest BCUT2D eigenvalue weighted by Crippen LogP contribution is -2.18. The van der Waals surface area contributed by atoms with Crippen LogP contribution in [0.4, 0.5) is 5.69 Å². The van der Waals surface area contributed by atoms with Crippen LogP contribution in [-0.2, 0) is 9.63 Å². The van der Waals surface area contributed by atoms with Gasteiger partial charge < -0.3 is 4.84 Å². The van der Waals surface area contributed by atoms with E-state index in [4.69, 9.17) is 4.84 Å². The van der Waals surface area contributed by atoms with Crippen LogP contribution in [0.1, 0.15) is 34.0 Å². The Morgan fingerprint density at radius 1 is 0.938 bits per heavy atom. The third-order valence-corrected chi connectivity index (χ3v) is 5.54. The maximum absolute atomic E-state index is 13.2. The first-order chi connectivity index (χ1) is 15.2. The maximum atomic E-state index is 13.2. The highest BCUT2D eigenvalue weighted by Crippen LogP contribution is 2.29. The van der Waals surface area contributed by atoms with Crippen LogP contribution in [0.2, 0.25) is 0 Å². The summed E-state index contributed by atoms with van der Waals surface area (Å²) in [5, 5.41) is 14.6. The summed E-state index contributed by atoms with van der Waals surface area (Å²) >= 11 is 1.42. The van der Waals surface area contributed by atoms with Gasteiger partial charge in [-0.25, -0.2) is 4.79 Å². The lowest BCUT2D eigenvalue weighted by atomic mass is 9.96. The zero-order valence-corrected chi connectivity index (χ0v) is 18.5. The molecule has 0 atom stereocenters. The van der Waals surface area contributed by atoms with E-state index in [0.717, 1.165) is 20.9 Å². The Hall–Kier alpha value is -3.78. The number of hydrogen-bond acceptors (Lipinski definition) is 7. The fourth-order valence-corrected chi connectivity index (χ4v) is 3.71. The molecular weight excluding hydrogens is 428 g/mol. The number of nitro groups is 1. The molecule has 7 nitrogen and oxygen atoms in total. The van der Waals surface area contributed by atoms with Gasteiger partial charge in [-0.05, 0) is 61.9 Å². The predicted molar refractivity (Wildman–Crippen MR) is 122 cm³/mol. The van der Waals surface area contributed by atoms with Crippen molar-refractivity contribution in [2.45, 2.75) is 30.6 Å². The van der Waals surface area contributed by atoms with E-state index in [9.17, 15) is 19.7 Å². The molecule has 0 aromatic heterocycles. The first kappa shape index (κ1) is 22.9. The second-order valence-electron chi connectivity index (χ2n) is 7.05. The van der Waals surface area contributed by atoms with Gasteiger partial charge in [-0.15, -0.1) is 0 Å². The molecule has 0 aliphatic heterocycles. The van der Waals surface area contributed by atoms with Crippen LogP contribution in [0, 0.1) is 24.0 Å². The normalized spacial score (nSPS) is 11.2. The second kappa shape index (κ2) is 10.0. The Balaban J connectivity index is 1.85. The van der Waals surface area contributed by atoms with E-state index in [1.807, 2.05) is 32.0 Å². The summed E-state index contributed by atoms with van der Waals surface area (Å²) in [4.78, 5) is 41.3. The van der Waals surface area contributed by atoms with E-state index in [1.54, 1.807) is 36.4 Å². The van der Waals surface area contributed by atoms with Gasteiger partial charge in [-0.3, -0.25) is 14.9 Å². The number of hydrogen-bond donors (Lipinski definition) is 0. The molecule has 0 N–H and O–H groups in total. The molecule has 3 rings (SSSR count). The van der Waals surface area contributed by atoms with Gasteiger partial charge in [0.2, 0.25) is 5.78 Å². The first-order valence-electron chi connectivity index (χ1n) is 9.65. The Morgan fingerprint density at radius 3 is 2.09 bits per heavy atom. The number of aryl methyl sites for hydroxylation is 2. The summed E-state index contributed by atoms with van der Waals surface area (Å²) in [6.07, 6.45) is 0. The zero-order chi connectivity index (χ0) is 23.3. The Labute approximate surface area is 189 Å². The number of carbonyl (C=O) groups excluding carboxylic acids is 2. The van der Waals surface area contributed by atoms with Gasteiger partial charge in [0.05, 0.1) is 4.92 Å². The monoisotopic (exact) mass is 448 g/mol. The van der Waals surface area contributed by atoms with E-state index in [2.05, 4.69) is 5.16 Å².